The molecule has 0 heterocycles. The smallest absolute Gasteiger partial charge is 0.0439 e. The predicted octanol–water partition coefficient (Wildman–Crippen LogP) is 4.81. The molecule has 1 aromatic rings. The third-order valence-electron chi connectivity index (χ3n) is 3.77. The molecule has 0 radical (unpaired) electrons. The van der Waals surface area contributed by atoms with Crippen LogP contribution in [0, 0.1) is 11.3 Å². The fourth-order valence-electron chi connectivity index (χ4n) is 2.00. The van der Waals surface area contributed by atoms with E-state index in [1.807, 2.05) is 18.2 Å². The summed E-state index contributed by atoms with van der Waals surface area (Å²) in [6, 6.07) is 5.70. The molecule has 1 unspecified atom stereocenters. The minimum absolute atomic E-state index is 0.185. The first-order valence-electron chi connectivity index (χ1n) is 6.53. The van der Waals surface area contributed by atoms with E-state index in [9.17, 15) is 0 Å². The molecule has 1 aromatic carbocycles. The highest BCUT2D eigenvalue weighted by Gasteiger charge is 2.28. The Kier molecular flexibility index (Phi) is 5.97. The van der Waals surface area contributed by atoms with Gasteiger partial charge in [0.1, 0.15) is 0 Å². The standard InChI is InChI=1S/C15H23Cl2N/c1-5-18-10-15(4,11(2)3)9-12-8-13(16)6-7-14(12)17/h6-8,11,18H,5,9-10H2,1-4H3. The molecular weight excluding hydrogens is 265 g/mol. The Morgan fingerprint density at radius 1 is 1.28 bits per heavy atom. The monoisotopic (exact) mass is 287 g/mol. The second kappa shape index (κ2) is 6.79. The number of rotatable bonds is 6. The fourth-order valence-corrected chi connectivity index (χ4v) is 2.37. The lowest BCUT2D eigenvalue weighted by molar-refractivity contribution is 0.209. The summed E-state index contributed by atoms with van der Waals surface area (Å²) >= 11 is 12.3. The molecule has 102 valence electrons. The van der Waals surface area contributed by atoms with Gasteiger partial charge in [-0.3, -0.25) is 0 Å². The predicted molar refractivity (Wildman–Crippen MR) is 81.7 cm³/mol. The van der Waals surface area contributed by atoms with Crippen LogP contribution in [-0.4, -0.2) is 13.1 Å². The second-order valence-corrected chi connectivity index (χ2v) is 6.35. The van der Waals surface area contributed by atoms with Gasteiger partial charge in [-0.05, 0) is 48.1 Å². The van der Waals surface area contributed by atoms with E-state index < -0.39 is 0 Å². The van der Waals surface area contributed by atoms with Crippen LogP contribution >= 0.6 is 23.2 Å². The molecule has 1 N–H and O–H groups in total. The second-order valence-electron chi connectivity index (χ2n) is 5.50. The maximum atomic E-state index is 6.26. The van der Waals surface area contributed by atoms with Crippen molar-refractivity contribution in [2.24, 2.45) is 11.3 Å². The van der Waals surface area contributed by atoms with Crippen LogP contribution in [0.1, 0.15) is 33.3 Å². The number of hydrogen-bond acceptors (Lipinski definition) is 1. The van der Waals surface area contributed by atoms with Crippen molar-refractivity contribution < 1.29 is 0 Å². The molecule has 1 atom stereocenters. The first kappa shape index (κ1) is 15.8. The highest BCUT2D eigenvalue weighted by Crippen LogP contribution is 2.34. The van der Waals surface area contributed by atoms with E-state index in [1.54, 1.807) is 0 Å². The van der Waals surface area contributed by atoms with Gasteiger partial charge in [-0.1, -0.05) is 50.9 Å². The number of halogens is 2. The van der Waals surface area contributed by atoms with Crippen molar-refractivity contribution in [2.45, 2.75) is 34.1 Å². The van der Waals surface area contributed by atoms with Gasteiger partial charge in [0.2, 0.25) is 0 Å². The third-order valence-corrected chi connectivity index (χ3v) is 4.38. The normalized spacial score (nSPS) is 14.8. The van der Waals surface area contributed by atoms with E-state index in [1.165, 1.54) is 0 Å². The van der Waals surface area contributed by atoms with Gasteiger partial charge in [-0.2, -0.15) is 0 Å². The first-order valence-corrected chi connectivity index (χ1v) is 7.29. The lowest BCUT2D eigenvalue weighted by Crippen LogP contribution is -2.38. The minimum atomic E-state index is 0.185. The van der Waals surface area contributed by atoms with Crippen LogP contribution in [0.15, 0.2) is 18.2 Å². The Morgan fingerprint density at radius 2 is 1.94 bits per heavy atom. The lowest BCUT2D eigenvalue weighted by Gasteiger charge is -2.34. The van der Waals surface area contributed by atoms with Crippen LogP contribution in [0.4, 0.5) is 0 Å². The third kappa shape index (κ3) is 4.15. The van der Waals surface area contributed by atoms with Gasteiger partial charge in [-0.25, -0.2) is 0 Å². The van der Waals surface area contributed by atoms with Crippen molar-refractivity contribution in [3.63, 3.8) is 0 Å². The average molecular weight is 288 g/mol. The zero-order chi connectivity index (χ0) is 13.8. The summed E-state index contributed by atoms with van der Waals surface area (Å²) in [5, 5.41) is 5.01. The molecular formula is C15H23Cl2N. The Morgan fingerprint density at radius 3 is 2.50 bits per heavy atom. The quantitative estimate of drug-likeness (QED) is 0.792. The van der Waals surface area contributed by atoms with Gasteiger partial charge in [0.25, 0.3) is 0 Å². The van der Waals surface area contributed by atoms with Gasteiger partial charge in [0.15, 0.2) is 0 Å². The van der Waals surface area contributed by atoms with Gasteiger partial charge in [-0.15, -0.1) is 0 Å². The molecule has 1 rings (SSSR count). The molecule has 0 aliphatic rings. The van der Waals surface area contributed by atoms with Crippen molar-refractivity contribution in [3.8, 4) is 0 Å². The molecule has 18 heavy (non-hydrogen) atoms. The van der Waals surface area contributed by atoms with Crippen molar-refractivity contribution in [2.75, 3.05) is 13.1 Å². The van der Waals surface area contributed by atoms with E-state index in [0.29, 0.717) is 5.92 Å². The number of hydrogen-bond donors (Lipinski definition) is 1. The van der Waals surface area contributed by atoms with Gasteiger partial charge in [0, 0.05) is 16.6 Å². The molecule has 0 fully saturated rings. The molecule has 3 heteroatoms. The van der Waals surface area contributed by atoms with E-state index in [-0.39, 0.29) is 5.41 Å². The summed E-state index contributed by atoms with van der Waals surface area (Å²) < 4.78 is 0. The van der Waals surface area contributed by atoms with E-state index >= 15 is 0 Å². The highest BCUT2D eigenvalue weighted by molar-refractivity contribution is 6.33. The van der Waals surface area contributed by atoms with Crippen LogP contribution < -0.4 is 5.32 Å². The molecule has 0 saturated carbocycles. The zero-order valence-electron chi connectivity index (χ0n) is 11.7. The summed E-state index contributed by atoms with van der Waals surface area (Å²) in [5.41, 5.74) is 1.32. The van der Waals surface area contributed by atoms with Crippen LogP contribution in [-0.2, 0) is 6.42 Å². The molecule has 0 aromatic heterocycles. The minimum Gasteiger partial charge on any atom is -0.316 e. The van der Waals surface area contributed by atoms with Crippen molar-refractivity contribution in [3.05, 3.63) is 33.8 Å². The fraction of sp³-hybridized carbons (Fsp3) is 0.600. The largest absolute Gasteiger partial charge is 0.316 e. The van der Waals surface area contributed by atoms with Crippen LogP contribution in [0.3, 0.4) is 0 Å². The molecule has 1 nitrogen and oxygen atoms in total. The van der Waals surface area contributed by atoms with Gasteiger partial charge < -0.3 is 5.32 Å². The highest BCUT2D eigenvalue weighted by atomic mass is 35.5. The summed E-state index contributed by atoms with van der Waals surface area (Å²) in [6.45, 7) is 10.9. The Labute approximate surface area is 121 Å². The van der Waals surface area contributed by atoms with Crippen LogP contribution in [0.5, 0.6) is 0 Å². The Balaban J connectivity index is 2.92. The molecule has 0 aliphatic carbocycles. The van der Waals surface area contributed by atoms with Crippen molar-refractivity contribution >= 4 is 23.2 Å². The average Bonchev–Trinajstić information content (AvgIpc) is 2.31. The number of benzene rings is 1. The summed E-state index contributed by atoms with van der Waals surface area (Å²) in [5.74, 6) is 0.576. The van der Waals surface area contributed by atoms with Gasteiger partial charge in [0.05, 0.1) is 0 Å². The number of nitrogens with one attached hydrogen (secondary N) is 1. The molecule has 0 bridgehead atoms. The first-order chi connectivity index (χ1) is 8.39. The lowest BCUT2D eigenvalue weighted by atomic mass is 9.74. The summed E-state index contributed by atoms with van der Waals surface area (Å²) in [6.07, 6.45) is 0.942. The maximum absolute atomic E-state index is 6.26. The van der Waals surface area contributed by atoms with Crippen molar-refractivity contribution in [1.82, 2.24) is 5.32 Å². The SMILES string of the molecule is CCNCC(C)(Cc1cc(Cl)ccc1Cl)C(C)C. The van der Waals surface area contributed by atoms with Crippen molar-refractivity contribution in [1.29, 1.82) is 0 Å². The molecule has 0 spiro atoms. The molecule has 0 aliphatic heterocycles. The molecule has 0 amide bonds. The Hall–Kier alpha value is -0.240. The van der Waals surface area contributed by atoms with E-state index in [0.717, 1.165) is 35.1 Å². The van der Waals surface area contributed by atoms with Crippen LogP contribution in [0.25, 0.3) is 0 Å². The van der Waals surface area contributed by atoms with E-state index in [2.05, 4.69) is 33.0 Å². The summed E-state index contributed by atoms with van der Waals surface area (Å²) in [4.78, 5) is 0. The summed E-state index contributed by atoms with van der Waals surface area (Å²) in [7, 11) is 0. The van der Waals surface area contributed by atoms with Crippen LogP contribution in [0.2, 0.25) is 10.0 Å². The topological polar surface area (TPSA) is 12.0 Å². The van der Waals surface area contributed by atoms with Gasteiger partial charge >= 0.3 is 0 Å². The van der Waals surface area contributed by atoms with E-state index in [4.69, 9.17) is 23.2 Å². The zero-order valence-corrected chi connectivity index (χ0v) is 13.2. The maximum Gasteiger partial charge on any atom is 0.0439 e. The Bertz CT molecular complexity index is 390. The molecule has 0 saturated heterocycles.